The summed E-state index contributed by atoms with van der Waals surface area (Å²) in [5, 5.41) is 4.99. The number of benzene rings is 1. The molecule has 1 unspecified atom stereocenters. The molecule has 3 rings (SSSR count). The SMILES string of the molecule is CC1CCC(=O)NC1=O.CCc1ccc(COC(=O)Nc2ccnc(C(C)(C)C)c2)cc1C(=O)C(C)C. The zero-order valence-electron chi connectivity index (χ0n) is 22.9. The van der Waals surface area contributed by atoms with Crippen LogP contribution in [-0.2, 0) is 32.8 Å². The standard InChI is InChI=1S/C23H30N2O3.C6H9NO2/c1-7-17-9-8-16(12-19(17)21(26)15(2)3)14-28-22(27)25-18-10-11-24-20(13-18)23(4,5)6;1-4-2-3-5(8)7-6(4)9/h8-13,15H,7,14H2,1-6H3,(H,24,25,27);4H,2-3H2,1H3,(H,7,8,9). The van der Waals surface area contributed by atoms with E-state index in [1.165, 1.54) is 0 Å². The summed E-state index contributed by atoms with van der Waals surface area (Å²) < 4.78 is 5.34. The Labute approximate surface area is 219 Å². The molecule has 8 heteroatoms. The molecule has 1 aliphatic rings. The number of imide groups is 1. The molecule has 1 atom stereocenters. The van der Waals surface area contributed by atoms with Crippen molar-refractivity contribution in [2.75, 3.05) is 5.32 Å². The number of pyridine rings is 1. The highest BCUT2D eigenvalue weighted by Crippen LogP contribution is 2.22. The summed E-state index contributed by atoms with van der Waals surface area (Å²) in [6.07, 6.45) is 3.11. The van der Waals surface area contributed by atoms with Crippen molar-refractivity contribution in [2.45, 2.75) is 79.8 Å². The van der Waals surface area contributed by atoms with Crippen LogP contribution in [0.15, 0.2) is 36.5 Å². The largest absolute Gasteiger partial charge is 0.444 e. The molecule has 0 bridgehead atoms. The molecule has 0 aliphatic carbocycles. The van der Waals surface area contributed by atoms with Gasteiger partial charge in [-0.1, -0.05) is 60.6 Å². The molecular weight excluding hydrogens is 470 g/mol. The molecule has 37 heavy (non-hydrogen) atoms. The summed E-state index contributed by atoms with van der Waals surface area (Å²) in [5.41, 5.74) is 3.93. The molecule has 3 amide bonds. The van der Waals surface area contributed by atoms with Crippen LogP contribution in [0.5, 0.6) is 0 Å². The number of hydrogen-bond acceptors (Lipinski definition) is 6. The first-order valence-corrected chi connectivity index (χ1v) is 12.7. The summed E-state index contributed by atoms with van der Waals surface area (Å²) >= 11 is 0. The van der Waals surface area contributed by atoms with Crippen molar-refractivity contribution in [1.82, 2.24) is 10.3 Å². The van der Waals surface area contributed by atoms with Gasteiger partial charge in [-0.15, -0.1) is 0 Å². The van der Waals surface area contributed by atoms with Gasteiger partial charge in [0.15, 0.2) is 5.78 Å². The summed E-state index contributed by atoms with van der Waals surface area (Å²) in [6, 6.07) is 9.24. The number of carbonyl (C=O) groups excluding carboxylic acids is 4. The van der Waals surface area contributed by atoms with Gasteiger partial charge < -0.3 is 4.74 Å². The Morgan fingerprint density at radius 2 is 1.86 bits per heavy atom. The number of aromatic nitrogens is 1. The molecule has 1 aliphatic heterocycles. The average Bonchev–Trinajstić information content (AvgIpc) is 2.84. The molecule has 2 N–H and O–H groups in total. The van der Waals surface area contributed by atoms with E-state index < -0.39 is 6.09 Å². The quantitative estimate of drug-likeness (QED) is 0.388. The number of rotatable bonds is 6. The smallest absolute Gasteiger partial charge is 0.411 e. The van der Waals surface area contributed by atoms with E-state index >= 15 is 0 Å². The van der Waals surface area contributed by atoms with E-state index in [1.54, 1.807) is 12.3 Å². The number of hydrogen-bond donors (Lipinski definition) is 2. The maximum Gasteiger partial charge on any atom is 0.411 e. The van der Waals surface area contributed by atoms with Crippen molar-refractivity contribution in [3.63, 3.8) is 0 Å². The zero-order chi connectivity index (χ0) is 27.8. The number of Topliss-reactive ketones (excluding diaryl/α,β-unsaturated/α-hetero) is 1. The average molecular weight is 510 g/mol. The van der Waals surface area contributed by atoms with Crippen LogP contribution < -0.4 is 10.6 Å². The van der Waals surface area contributed by atoms with Crippen molar-refractivity contribution >= 4 is 29.4 Å². The van der Waals surface area contributed by atoms with Gasteiger partial charge in [-0.2, -0.15) is 0 Å². The summed E-state index contributed by atoms with van der Waals surface area (Å²) in [5.74, 6) is -0.227. The predicted molar refractivity (Wildman–Crippen MR) is 143 cm³/mol. The number of ether oxygens (including phenoxy) is 1. The first kappa shape index (κ1) is 29.7. The Kier molecular flexibility index (Phi) is 10.5. The van der Waals surface area contributed by atoms with Gasteiger partial charge in [0, 0.05) is 46.8 Å². The highest BCUT2D eigenvalue weighted by molar-refractivity contribution is 5.99. The van der Waals surface area contributed by atoms with E-state index in [0.717, 1.165) is 23.2 Å². The molecule has 200 valence electrons. The minimum atomic E-state index is -0.539. The van der Waals surface area contributed by atoms with Crippen LogP contribution in [-0.4, -0.2) is 28.7 Å². The molecule has 1 aromatic carbocycles. The normalized spacial score (nSPS) is 15.4. The van der Waals surface area contributed by atoms with Crippen LogP contribution in [0.25, 0.3) is 0 Å². The Hall–Kier alpha value is -3.55. The van der Waals surface area contributed by atoms with Gasteiger partial charge in [-0.3, -0.25) is 30.0 Å². The lowest BCUT2D eigenvalue weighted by Gasteiger charge is -2.18. The van der Waals surface area contributed by atoms with Crippen LogP contribution in [0.2, 0.25) is 0 Å². The van der Waals surface area contributed by atoms with Crippen LogP contribution in [0.4, 0.5) is 10.5 Å². The van der Waals surface area contributed by atoms with Gasteiger partial charge in [-0.05, 0) is 42.2 Å². The van der Waals surface area contributed by atoms with Gasteiger partial charge in [0.05, 0.1) is 0 Å². The minimum Gasteiger partial charge on any atom is -0.444 e. The molecule has 1 fully saturated rings. The monoisotopic (exact) mass is 509 g/mol. The van der Waals surface area contributed by atoms with Crippen molar-refractivity contribution in [2.24, 2.45) is 11.8 Å². The van der Waals surface area contributed by atoms with Crippen molar-refractivity contribution in [3.8, 4) is 0 Å². The number of aryl methyl sites for hydroxylation is 1. The highest BCUT2D eigenvalue weighted by atomic mass is 16.5. The van der Waals surface area contributed by atoms with Crippen molar-refractivity contribution < 1.29 is 23.9 Å². The molecule has 0 saturated carbocycles. The lowest BCUT2D eigenvalue weighted by Crippen LogP contribution is -2.39. The first-order chi connectivity index (χ1) is 17.3. The van der Waals surface area contributed by atoms with Gasteiger partial charge in [0.1, 0.15) is 6.61 Å². The third kappa shape index (κ3) is 9.12. The fourth-order valence-corrected chi connectivity index (χ4v) is 3.59. The number of ketones is 1. The predicted octanol–water partition coefficient (Wildman–Crippen LogP) is 5.59. The first-order valence-electron chi connectivity index (χ1n) is 12.7. The van der Waals surface area contributed by atoms with Crippen LogP contribution in [0.1, 0.15) is 88.5 Å². The number of nitrogens with one attached hydrogen (secondary N) is 2. The van der Waals surface area contributed by atoms with Crippen molar-refractivity contribution in [1.29, 1.82) is 0 Å². The summed E-state index contributed by atoms with van der Waals surface area (Å²) in [7, 11) is 0. The molecule has 0 spiro atoms. The molecule has 8 nitrogen and oxygen atoms in total. The van der Waals surface area contributed by atoms with E-state index in [-0.39, 0.29) is 41.5 Å². The number of piperidine rings is 1. The number of nitrogens with zero attached hydrogens (tertiary/aromatic N) is 1. The van der Waals surface area contributed by atoms with Gasteiger partial charge >= 0.3 is 6.09 Å². The lowest BCUT2D eigenvalue weighted by atomic mass is 9.91. The molecule has 1 saturated heterocycles. The van der Waals surface area contributed by atoms with E-state index in [1.807, 2.05) is 52.0 Å². The van der Waals surface area contributed by atoms with E-state index in [9.17, 15) is 19.2 Å². The van der Waals surface area contributed by atoms with E-state index in [0.29, 0.717) is 24.1 Å². The van der Waals surface area contributed by atoms with Crippen LogP contribution in [0.3, 0.4) is 0 Å². The third-order valence-corrected chi connectivity index (χ3v) is 6.00. The molecule has 2 aromatic rings. The second-order valence-electron chi connectivity index (χ2n) is 10.6. The Bertz CT molecular complexity index is 1130. The maximum atomic E-state index is 12.4. The second kappa shape index (κ2) is 13.1. The number of anilines is 1. The summed E-state index contributed by atoms with van der Waals surface area (Å²) in [4.78, 5) is 50.1. The maximum absolute atomic E-state index is 12.4. The van der Waals surface area contributed by atoms with Crippen LogP contribution in [0, 0.1) is 11.8 Å². The van der Waals surface area contributed by atoms with E-state index in [4.69, 9.17) is 4.74 Å². The summed E-state index contributed by atoms with van der Waals surface area (Å²) in [6.45, 7) is 13.9. The second-order valence-corrected chi connectivity index (χ2v) is 10.6. The van der Waals surface area contributed by atoms with Gasteiger partial charge in [0.25, 0.3) is 0 Å². The Morgan fingerprint density at radius 3 is 2.43 bits per heavy atom. The Morgan fingerprint density at radius 1 is 1.16 bits per heavy atom. The topological polar surface area (TPSA) is 114 Å². The highest BCUT2D eigenvalue weighted by Gasteiger charge is 2.21. The lowest BCUT2D eigenvalue weighted by molar-refractivity contribution is -0.135. The van der Waals surface area contributed by atoms with E-state index in [2.05, 4.69) is 36.4 Å². The third-order valence-electron chi connectivity index (χ3n) is 6.00. The molecule has 1 aromatic heterocycles. The number of amides is 3. The van der Waals surface area contributed by atoms with Crippen molar-refractivity contribution in [3.05, 3.63) is 58.9 Å². The molecular formula is C29H39N3O5. The molecule has 2 heterocycles. The van der Waals surface area contributed by atoms with Gasteiger partial charge in [-0.25, -0.2) is 4.79 Å². The fourth-order valence-electron chi connectivity index (χ4n) is 3.59. The fraction of sp³-hybridized carbons (Fsp3) is 0.483. The number of carbonyl (C=O) groups is 4. The van der Waals surface area contributed by atoms with Gasteiger partial charge in [0.2, 0.25) is 11.8 Å². The van der Waals surface area contributed by atoms with Crippen LogP contribution >= 0.6 is 0 Å². The molecule has 0 radical (unpaired) electrons. The Balaban J connectivity index is 0.000000449. The zero-order valence-corrected chi connectivity index (χ0v) is 22.9. The minimum absolute atomic E-state index is 0.0164.